The summed E-state index contributed by atoms with van der Waals surface area (Å²) in [6.07, 6.45) is 0.633. The van der Waals surface area contributed by atoms with Gasteiger partial charge in [-0.15, -0.1) is 12.4 Å². The molecule has 0 spiro atoms. The van der Waals surface area contributed by atoms with Gasteiger partial charge in [0.25, 0.3) is 0 Å². The van der Waals surface area contributed by atoms with Gasteiger partial charge >= 0.3 is 0 Å². The molecule has 0 fully saturated rings. The molecule has 0 aliphatic rings. The van der Waals surface area contributed by atoms with E-state index < -0.39 is 6.04 Å². The maximum atomic E-state index is 12.1. The van der Waals surface area contributed by atoms with Crippen molar-refractivity contribution in [1.82, 2.24) is 5.32 Å². The van der Waals surface area contributed by atoms with Crippen LogP contribution >= 0.6 is 12.4 Å². The van der Waals surface area contributed by atoms with Crippen LogP contribution in [-0.4, -0.2) is 26.7 Å². The minimum Gasteiger partial charge on any atom is -0.497 e. The molecule has 0 aliphatic carbocycles. The van der Waals surface area contributed by atoms with E-state index in [1.54, 1.807) is 14.2 Å². The van der Waals surface area contributed by atoms with Crippen LogP contribution in [0.15, 0.2) is 48.5 Å². The first-order chi connectivity index (χ1) is 11.2. The number of hydrogen-bond donors (Lipinski definition) is 2. The Bertz CT molecular complexity index is 650. The molecule has 3 N–H and O–H groups in total. The molecule has 6 heteroatoms. The second-order valence-corrected chi connectivity index (χ2v) is 5.11. The van der Waals surface area contributed by atoms with Gasteiger partial charge in [-0.25, -0.2) is 0 Å². The number of hydrogen-bond acceptors (Lipinski definition) is 4. The summed E-state index contributed by atoms with van der Waals surface area (Å²) in [5, 5.41) is 2.86. The van der Waals surface area contributed by atoms with E-state index >= 15 is 0 Å². The monoisotopic (exact) mass is 350 g/mol. The summed E-state index contributed by atoms with van der Waals surface area (Å²) in [6, 6.07) is 14.2. The molecule has 2 aromatic rings. The zero-order valence-electron chi connectivity index (χ0n) is 13.8. The third-order valence-electron chi connectivity index (χ3n) is 3.62. The topological polar surface area (TPSA) is 73.6 Å². The van der Waals surface area contributed by atoms with Crippen LogP contribution in [0.2, 0.25) is 0 Å². The maximum Gasteiger partial charge on any atom is 0.241 e. The number of methoxy groups -OCH3 is 2. The Labute approximate surface area is 148 Å². The maximum absolute atomic E-state index is 12.1. The summed E-state index contributed by atoms with van der Waals surface area (Å²) in [7, 11) is 3.24. The van der Waals surface area contributed by atoms with E-state index in [9.17, 15) is 4.79 Å². The second-order valence-electron chi connectivity index (χ2n) is 5.11. The molecule has 130 valence electrons. The number of amides is 1. The highest BCUT2D eigenvalue weighted by atomic mass is 35.5. The Kier molecular flexibility index (Phi) is 8.09. The molecule has 0 radical (unpaired) electrons. The van der Waals surface area contributed by atoms with Crippen LogP contribution in [0.4, 0.5) is 0 Å². The molecule has 0 saturated carbocycles. The van der Waals surface area contributed by atoms with Gasteiger partial charge in [0, 0.05) is 6.54 Å². The van der Waals surface area contributed by atoms with E-state index in [1.807, 2.05) is 48.5 Å². The molecule has 2 aromatic carbocycles. The summed E-state index contributed by atoms with van der Waals surface area (Å²) in [4.78, 5) is 12.1. The van der Waals surface area contributed by atoms with E-state index in [0.29, 0.717) is 13.0 Å². The van der Waals surface area contributed by atoms with Gasteiger partial charge in [0.1, 0.15) is 17.5 Å². The average Bonchev–Trinajstić information content (AvgIpc) is 2.61. The van der Waals surface area contributed by atoms with Crippen molar-refractivity contribution in [3.8, 4) is 11.5 Å². The van der Waals surface area contributed by atoms with Crippen molar-refractivity contribution in [2.75, 3.05) is 20.8 Å². The lowest BCUT2D eigenvalue weighted by Crippen LogP contribution is -2.35. The van der Waals surface area contributed by atoms with Crippen LogP contribution < -0.4 is 20.5 Å². The predicted molar refractivity (Wildman–Crippen MR) is 96.9 cm³/mol. The van der Waals surface area contributed by atoms with Crippen molar-refractivity contribution in [3.05, 3.63) is 59.7 Å². The fourth-order valence-electron chi connectivity index (χ4n) is 2.32. The number of ether oxygens (including phenoxy) is 2. The minimum absolute atomic E-state index is 0. The van der Waals surface area contributed by atoms with Crippen molar-refractivity contribution >= 4 is 18.3 Å². The van der Waals surface area contributed by atoms with Crippen molar-refractivity contribution in [2.24, 2.45) is 5.73 Å². The number of rotatable bonds is 7. The molecule has 1 amide bonds. The van der Waals surface area contributed by atoms with Crippen LogP contribution in [0, 0.1) is 0 Å². The molecular formula is C18H23ClN2O3. The molecular weight excluding hydrogens is 328 g/mol. The van der Waals surface area contributed by atoms with E-state index in [4.69, 9.17) is 15.2 Å². The van der Waals surface area contributed by atoms with Gasteiger partial charge < -0.3 is 20.5 Å². The third kappa shape index (κ3) is 5.15. The van der Waals surface area contributed by atoms with Crippen molar-refractivity contribution in [3.63, 3.8) is 0 Å². The van der Waals surface area contributed by atoms with Crippen molar-refractivity contribution in [1.29, 1.82) is 0 Å². The van der Waals surface area contributed by atoms with E-state index in [-0.39, 0.29) is 18.3 Å². The van der Waals surface area contributed by atoms with E-state index in [2.05, 4.69) is 5.32 Å². The molecule has 2 rings (SSSR count). The van der Waals surface area contributed by atoms with Gasteiger partial charge in [0.05, 0.1) is 14.2 Å². The number of benzene rings is 2. The fourth-order valence-corrected chi connectivity index (χ4v) is 2.32. The quantitative estimate of drug-likeness (QED) is 0.804. The lowest BCUT2D eigenvalue weighted by molar-refractivity contribution is -0.122. The Morgan fingerprint density at radius 2 is 1.83 bits per heavy atom. The Morgan fingerprint density at radius 3 is 2.46 bits per heavy atom. The molecule has 0 heterocycles. The van der Waals surface area contributed by atoms with E-state index in [1.165, 1.54) is 0 Å². The molecule has 24 heavy (non-hydrogen) atoms. The first-order valence-electron chi connectivity index (χ1n) is 7.45. The number of carbonyl (C=O) groups is 1. The summed E-state index contributed by atoms with van der Waals surface area (Å²) >= 11 is 0. The first-order valence-corrected chi connectivity index (χ1v) is 7.45. The molecule has 0 aliphatic heterocycles. The second kappa shape index (κ2) is 9.80. The van der Waals surface area contributed by atoms with Crippen LogP contribution in [0.3, 0.4) is 0 Å². The standard InChI is InChI=1S/C18H22N2O3.ClH/c1-22-15-8-9-16(23-2)14(12-15)10-11-20-18(21)17(19)13-6-4-3-5-7-13;/h3-9,12,17H,10-11,19H2,1-2H3,(H,20,21);1H. The summed E-state index contributed by atoms with van der Waals surface area (Å²) < 4.78 is 10.5. The van der Waals surface area contributed by atoms with Gasteiger partial charge in [0.2, 0.25) is 5.91 Å². The average molecular weight is 351 g/mol. The van der Waals surface area contributed by atoms with Gasteiger partial charge in [-0.05, 0) is 35.7 Å². The Morgan fingerprint density at radius 1 is 1.12 bits per heavy atom. The van der Waals surface area contributed by atoms with Crippen LogP contribution in [-0.2, 0) is 11.2 Å². The summed E-state index contributed by atoms with van der Waals surface area (Å²) in [5.74, 6) is 1.33. The predicted octanol–water partition coefficient (Wildman–Crippen LogP) is 2.48. The SMILES string of the molecule is COc1ccc(OC)c(CCNC(=O)C(N)c2ccccc2)c1.Cl. The molecule has 0 saturated heterocycles. The normalized spacial score (nSPS) is 11.1. The largest absolute Gasteiger partial charge is 0.497 e. The first kappa shape index (κ1) is 19.8. The van der Waals surface area contributed by atoms with Crippen LogP contribution in [0.1, 0.15) is 17.2 Å². The Balaban J connectivity index is 0.00000288. The highest BCUT2D eigenvalue weighted by molar-refractivity contribution is 5.85. The Hall–Kier alpha value is -2.24. The zero-order chi connectivity index (χ0) is 16.7. The molecule has 0 bridgehead atoms. The molecule has 1 unspecified atom stereocenters. The van der Waals surface area contributed by atoms with Crippen molar-refractivity contribution in [2.45, 2.75) is 12.5 Å². The van der Waals surface area contributed by atoms with Crippen LogP contribution in [0.5, 0.6) is 11.5 Å². The summed E-state index contributed by atoms with van der Waals surface area (Å²) in [6.45, 7) is 0.475. The lowest BCUT2D eigenvalue weighted by Gasteiger charge is -2.14. The molecule has 1 atom stereocenters. The van der Waals surface area contributed by atoms with E-state index in [0.717, 1.165) is 22.6 Å². The van der Waals surface area contributed by atoms with Gasteiger partial charge in [0.15, 0.2) is 0 Å². The molecule has 5 nitrogen and oxygen atoms in total. The van der Waals surface area contributed by atoms with Gasteiger partial charge in [-0.1, -0.05) is 30.3 Å². The van der Waals surface area contributed by atoms with Gasteiger partial charge in [-0.2, -0.15) is 0 Å². The highest BCUT2D eigenvalue weighted by Crippen LogP contribution is 2.24. The smallest absolute Gasteiger partial charge is 0.241 e. The fraction of sp³-hybridized carbons (Fsp3) is 0.278. The highest BCUT2D eigenvalue weighted by Gasteiger charge is 2.15. The number of nitrogens with one attached hydrogen (secondary N) is 1. The lowest BCUT2D eigenvalue weighted by atomic mass is 10.1. The summed E-state index contributed by atoms with van der Waals surface area (Å²) in [5.41, 5.74) is 7.73. The third-order valence-corrected chi connectivity index (χ3v) is 3.62. The van der Waals surface area contributed by atoms with Gasteiger partial charge in [-0.3, -0.25) is 4.79 Å². The van der Waals surface area contributed by atoms with Crippen LogP contribution in [0.25, 0.3) is 0 Å². The number of nitrogens with two attached hydrogens (primary N) is 1. The molecule has 0 aromatic heterocycles. The minimum atomic E-state index is -0.664. The van der Waals surface area contributed by atoms with Crippen molar-refractivity contribution < 1.29 is 14.3 Å². The number of halogens is 1. The zero-order valence-corrected chi connectivity index (χ0v) is 14.6. The number of carbonyl (C=O) groups excluding carboxylic acids is 1.